The van der Waals surface area contributed by atoms with E-state index in [4.69, 9.17) is 0 Å². The molecule has 0 amide bonds. The molecule has 3 heteroatoms. The second-order valence-electron chi connectivity index (χ2n) is 4.47. The smallest absolute Gasteiger partial charge is 0.230 e. The first-order valence-corrected chi connectivity index (χ1v) is 4.46. The van der Waals surface area contributed by atoms with Crippen molar-refractivity contribution in [1.29, 1.82) is 0 Å². The van der Waals surface area contributed by atoms with Crippen molar-refractivity contribution in [3.05, 3.63) is 0 Å². The number of aliphatic hydroxyl groups is 2. The molecule has 1 saturated heterocycles. The fourth-order valence-corrected chi connectivity index (χ4v) is 1.73. The summed E-state index contributed by atoms with van der Waals surface area (Å²) >= 11 is 0. The summed E-state index contributed by atoms with van der Waals surface area (Å²) in [5, 5.41) is 19.6. The maximum atomic E-state index is 9.82. The standard InChI is InChI=1S/C9H19NO2/c1-7-5-6-10(4)9(11,12)8(7,2)3/h7,11-12H,5-6H2,1-4H3. The van der Waals surface area contributed by atoms with Gasteiger partial charge in [0.05, 0.1) is 0 Å². The van der Waals surface area contributed by atoms with Gasteiger partial charge in [-0.2, -0.15) is 0 Å². The van der Waals surface area contributed by atoms with Crippen LogP contribution in [-0.2, 0) is 0 Å². The van der Waals surface area contributed by atoms with E-state index in [1.54, 1.807) is 11.9 Å². The van der Waals surface area contributed by atoms with Gasteiger partial charge in [0.15, 0.2) is 0 Å². The van der Waals surface area contributed by atoms with E-state index >= 15 is 0 Å². The summed E-state index contributed by atoms with van der Waals surface area (Å²) in [4.78, 5) is 1.60. The van der Waals surface area contributed by atoms with Gasteiger partial charge in [-0.25, -0.2) is 0 Å². The lowest BCUT2D eigenvalue weighted by molar-refractivity contribution is -0.342. The first-order valence-electron chi connectivity index (χ1n) is 4.46. The van der Waals surface area contributed by atoms with Crippen LogP contribution in [0.1, 0.15) is 27.2 Å². The quantitative estimate of drug-likeness (QED) is 0.528. The predicted octanol–water partition coefficient (Wildman–Crippen LogP) is 0.623. The van der Waals surface area contributed by atoms with Gasteiger partial charge in [-0.15, -0.1) is 0 Å². The van der Waals surface area contributed by atoms with Crippen LogP contribution in [0.5, 0.6) is 0 Å². The highest BCUT2D eigenvalue weighted by molar-refractivity contribution is 4.91. The number of likely N-dealkylation sites (tertiary alicyclic amines) is 1. The monoisotopic (exact) mass is 173 g/mol. The van der Waals surface area contributed by atoms with Crippen LogP contribution >= 0.6 is 0 Å². The molecule has 0 spiro atoms. The molecule has 1 aliphatic rings. The summed E-state index contributed by atoms with van der Waals surface area (Å²) in [6, 6.07) is 0. The molecule has 72 valence electrons. The topological polar surface area (TPSA) is 43.7 Å². The fourth-order valence-electron chi connectivity index (χ4n) is 1.73. The van der Waals surface area contributed by atoms with E-state index in [1.165, 1.54) is 0 Å². The Morgan fingerprint density at radius 3 is 2.25 bits per heavy atom. The van der Waals surface area contributed by atoms with Crippen LogP contribution in [0.25, 0.3) is 0 Å². The van der Waals surface area contributed by atoms with Gasteiger partial charge in [0.1, 0.15) is 0 Å². The molecule has 12 heavy (non-hydrogen) atoms. The lowest BCUT2D eigenvalue weighted by atomic mass is 9.71. The van der Waals surface area contributed by atoms with Crippen LogP contribution in [0.2, 0.25) is 0 Å². The van der Waals surface area contributed by atoms with Gasteiger partial charge in [-0.05, 0) is 19.4 Å². The molecule has 0 saturated carbocycles. The van der Waals surface area contributed by atoms with Gasteiger partial charge in [-0.1, -0.05) is 20.8 Å². The molecule has 1 heterocycles. The summed E-state index contributed by atoms with van der Waals surface area (Å²) in [6.45, 7) is 6.60. The van der Waals surface area contributed by atoms with Crippen LogP contribution in [0, 0.1) is 11.3 Å². The van der Waals surface area contributed by atoms with Crippen molar-refractivity contribution < 1.29 is 10.2 Å². The Morgan fingerprint density at radius 2 is 1.83 bits per heavy atom. The summed E-state index contributed by atoms with van der Waals surface area (Å²) in [6.07, 6.45) is 1.02. The number of piperidine rings is 1. The second-order valence-corrected chi connectivity index (χ2v) is 4.47. The molecule has 0 aromatic heterocycles. The molecule has 1 unspecified atom stereocenters. The third kappa shape index (κ3) is 1.16. The third-order valence-electron chi connectivity index (χ3n) is 3.53. The molecule has 1 atom stereocenters. The molecule has 2 N–H and O–H groups in total. The van der Waals surface area contributed by atoms with Gasteiger partial charge >= 0.3 is 0 Å². The first kappa shape index (κ1) is 9.96. The minimum absolute atomic E-state index is 0.337. The van der Waals surface area contributed by atoms with Crippen LogP contribution in [0.15, 0.2) is 0 Å². The highest BCUT2D eigenvalue weighted by Crippen LogP contribution is 2.43. The van der Waals surface area contributed by atoms with Crippen molar-refractivity contribution in [1.82, 2.24) is 4.90 Å². The average Bonchev–Trinajstić information content (AvgIpc) is 1.96. The second kappa shape index (κ2) is 2.69. The van der Waals surface area contributed by atoms with E-state index in [0.29, 0.717) is 5.92 Å². The van der Waals surface area contributed by atoms with Gasteiger partial charge in [-0.3, -0.25) is 4.90 Å². The van der Waals surface area contributed by atoms with Crippen molar-refractivity contribution in [3.8, 4) is 0 Å². The van der Waals surface area contributed by atoms with E-state index in [9.17, 15) is 10.2 Å². The Kier molecular flexibility index (Phi) is 2.23. The molecule has 1 aliphatic heterocycles. The molecule has 0 aliphatic carbocycles. The lowest BCUT2D eigenvalue weighted by Crippen LogP contribution is -2.62. The molecular formula is C9H19NO2. The van der Waals surface area contributed by atoms with Crippen LogP contribution in [0.3, 0.4) is 0 Å². The van der Waals surface area contributed by atoms with E-state index in [2.05, 4.69) is 6.92 Å². The zero-order chi connectivity index (χ0) is 9.57. The Morgan fingerprint density at radius 1 is 1.33 bits per heavy atom. The minimum atomic E-state index is -1.66. The van der Waals surface area contributed by atoms with E-state index in [0.717, 1.165) is 13.0 Å². The number of hydrogen-bond acceptors (Lipinski definition) is 3. The Labute approximate surface area is 74.0 Å². The van der Waals surface area contributed by atoms with Gasteiger partial charge in [0.25, 0.3) is 0 Å². The average molecular weight is 173 g/mol. The Balaban J connectivity index is 2.92. The van der Waals surface area contributed by atoms with Crippen molar-refractivity contribution in [2.24, 2.45) is 11.3 Å². The molecule has 3 nitrogen and oxygen atoms in total. The number of hydrogen-bond donors (Lipinski definition) is 2. The SMILES string of the molecule is CC1CCN(C)C(O)(O)C1(C)C. The van der Waals surface area contributed by atoms with Gasteiger partial charge in [0, 0.05) is 12.0 Å². The lowest BCUT2D eigenvalue weighted by Gasteiger charge is -2.51. The summed E-state index contributed by atoms with van der Waals surface area (Å²) in [5.74, 6) is -1.33. The predicted molar refractivity (Wildman–Crippen MR) is 47.4 cm³/mol. The molecular weight excluding hydrogens is 154 g/mol. The summed E-state index contributed by atoms with van der Waals surface area (Å²) in [5.41, 5.74) is -0.458. The summed E-state index contributed by atoms with van der Waals surface area (Å²) in [7, 11) is 1.74. The fraction of sp³-hybridized carbons (Fsp3) is 1.00. The maximum Gasteiger partial charge on any atom is 0.230 e. The highest BCUT2D eigenvalue weighted by Gasteiger charge is 2.51. The van der Waals surface area contributed by atoms with E-state index in [1.807, 2.05) is 13.8 Å². The summed E-state index contributed by atoms with van der Waals surface area (Å²) < 4.78 is 0. The molecule has 0 aromatic carbocycles. The number of rotatable bonds is 0. The molecule has 1 rings (SSSR count). The largest absolute Gasteiger partial charge is 0.353 e. The third-order valence-corrected chi connectivity index (χ3v) is 3.53. The molecule has 1 fully saturated rings. The molecule has 0 radical (unpaired) electrons. The van der Waals surface area contributed by atoms with Crippen molar-refractivity contribution in [2.45, 2.75) is 33.1 Å². The van der Waals surface area contributed by atoms with E-state index in [-0.39, 0.29) is 0 Å². The first-order chi connectivity index (χ1) is 5.30. The van der Waals surface area contributed by atoms with Gasteiger partial charge < -0.3 is 10.2 Å². The van der Waals surface area contributed by atoms with E-state index < -0.39 is 11.3 Å². The van der Waals surface area contributed by atoms with Crippen molar-refractivity contribution in [2.75, 3.05) is 13.6 Å². The molecule has 0 bridgehead atoms. The minimum Gasteiger partial charge on any atom is -0.353 e. The Bertz CT molecular complexity index is 157. The van der Waals surface area contributed by atoms with Crippen LogP contribution in [-0.4, -0.2) is 34.6 Å². The van der Waals surface area contributed by atoms with Gasteiger partial charge in [0.2, 0.25) is 5.91 Å². The molecule has 0 aromatic rings. The maximum absolute atomic E-state index is 9.82. The zero-order valence-electron chi connectivity index (χ0n) is 8.33. The Hall–Kier alpha value is -0.120. The zero-order valence-corrected chi connectivity index (χ0v) is 8.33. The highest BCUT2D eigenvalue weighted by atomic mass is 16.5. The van der Waals surface area contributed by atoms with Crippen LogP contribution < -0.4 is 0 Å². The van der Waals surface area contributed by atoms with Crippen LogP contribution in [0.4, 0.5) is 0 Å². The normalized spacial score (nSPS) is 35.0. The van der Waals surface area contributed by atoms with Crippen molar-refractivity contribution in [3.63, 3.8) is 0 Å². The van der Waals surface area contributed by atoms with Crippen molar-refractivity contribution >= 4 is 0 Å². The number of nitrogens with zero attached hydrogens (tertiary/aromatic N) is 1.